The molecular weight excluding hydrogens is 541 g/mol. The Hall–Kier alpha value is -3.37. The number of hydrogen-bond acceptors (Lipinski definition) is 5. The first-order valence-corrected chi connectivity index (χ1v) is 14.4. The number of rotatable bonds is 8. The van der Waals surface area contributed by atoms with Crippen LogP contribution >= 0.6 is 0 Å². The molecule has 0 atom stereocenters. The summed E-state index contributed by atoms with van der Waals surface area (Å²) in [7, 11) is -2.28. The molecule has 1 aliphatic rings. The molecule has 0 unspecified atom stereocenters. The first-order chi connectivity index (χ1) is 18.9. The lowest BCUT2D eigenvalue weighted by molar-refractivity contribution is 0.176. The molecule has 6 nitrogen and oxygen atoms in total. The number of nitrogens with zero attached hydrogens (tertiary/aromatic N) is 2. The highest BCUT2D eigenvalue weighted by Crippen LogP contribution is 2.32. The van der Waals surface area contributed by atoms with Crippen molar-refractivity contribution in [1.29, 1.82) is 0 Å². The average molecular weight is 575 g/mol. The van der Waals surface area contributed by atoms with E-state index in [-0.39, 0.29) is 47.1 Å². The zero-order valence-electron chi connectivity index (χ0n) is 23.0. The maximum Gasteiger partial charge on any atom is 0.243 e. The van der Waals surface area contributed by atoms with Gasteiger partial charge in [-0.25, -0.2) is 21.6 Å². The Morgan fingerprint density at radius 3 is 2.12 bits per heavy atom. The summed E-state index contributed by atoms with van der Waals surface area (Å²) in [6.07, 6.45) is 2.30. The van der Waals surface area contributed by atoms with Crippen molar-refractivity contribution in [1.82, 2.24) is 4.31 Å². The molecule has 214 valence electrons. The van der Waals surface area contributed by atoms with E-state index < -0.39 is 33.2 Å². The summed E-state index contributed by atoms with van der Waals surface area (Å²) in [5.74, 6) is -3.18. The van der Waals surface area contributed by atoms with Crippen LogP contribution in [0, 0.1) is 23.4 Å². The van der Waals surface area contributed by atoms with Crippen LogP contribution in [0.1, 0.15) is 44.7 Å². The molecule has 0 N–H and O–H groups in total. The second-order valence-electron chi connectivity index (χ2n) is 10.9. The number of piperidine rings is 1. The van der Waals surface area contributed by atoms with Gasteiger partial charge in [0.15, 0.2) is 17.4 Å². The molecule has 1 saturated heterocycles. The largest absolute Gasteiger partial charge is 0.487 e. The summed E-state index contributed by atoms with van der Waals surface area (Å²) in [6, 6.07) is 13.1. The van der Waals surface area contributed by atoms with E-state index in [1.807, 2.05) is 12.1 Å². The first-order valence-electron chi connectivity index (χ1n) is 13.0. The van der Waals surface area contributed by atoms with Gasteiger partial charge in [-0.15, -0.1) is 0 Å². The SMILES string of the molecule is CO/N=C/c1ccc(-c2cc(F)c(OCC3CCN(S(=O)(=O)c4ccc(C(C)(C)C)cc4)CC3)c(F)c2)c(F)c1. The molecule has 0 bridgehead atoms. The van der Waals surface area contributed by atoms with E-state index in [1.54, 1.807) is 18.2 Å². The van der Waals surface area contributed by atoms with Crippen molar-refractivity contribution in [2.24, 2.45) is 11.1 Å². The van der Waals surface area contributed by atoms with E-state index >= 15 is 0 Å². The molecule has 0 aromatic heterocycles. The van der Waals surface area contributed by atoms with Crippen molar-refractivity contribution < 1.29 is 31.2 Å². The summed E-state index contributed by atoms with van der Waals surface area (Å²) in [5.41, 5.74) is 1.46. The van der Waals surface area contributed by atoms with E-state index in [2.05, 4.69) is 30.8 Å². The zero-order chi connectivity index (χ0) is 29.1. The van der Waals surface area contributed by atoms with Crippen molar-refractivity contribution >= 4 is 16.2 Å². The monoisotopic (exact) mass is 574 g/mol. The van der Waals surface area contributed by atoms with Gasteiger partial charge >= 0.3 is 0 Å². The fourth-order valence-electron chi connectivity index (χ4n) is 4.61. The van der Waals surface area contributed by atoms with Crippen molar-refractivity contribution in [3.63, 3.8) is 0 Å². The van der Waals surface area contributed by atoms with Gasteiger partial charge in [-0.2, -0.15) is 4.31 Å². The molecule has 0 radical (unpaired) electrons. The Balaban J connectivity index is 1.37. The molecule has 3 aromatic carbocycles. The van der Waals surface area contributed by atoms with Gasteiger partial charge < -0.3 is 9.57 Å². The van der Waals surface area contributed by atoms with Crippen LogP contribution in [0.3, 0.4) is 0 Å². The van der Waals surface area contributed by atoms with Gasteiger partial charge in [0.25, 0.3) is 0 Å². The van der Waals surface area contributed by atoms with Crippen LogP contribution in [-0.2, 0) is 20.3 Å². The summed E-state index contributed by atoms with van der Waals surface area (Å²) in [4.78, 5) is 4.81. The van der Waals surface area contributed by atoms with Crippen molar-refractivity contribution in [2.45, 2.75) is 43.9 Å². The lowest BCUT2D eigenvalue weighted by Gasteiger charge is -2.31. The zero-order valence-corrected chi connectivity index (χ0v) is 23.8. The highest BCUT2D eigenvalue weighted by atomic mass is 32.2. The van der Waals surface area contributed by atoms with E-state index in [4.69, 9.17) is 4.74 Å². The summed E-state index contributed by atoms with van der Waals surface area (Å²) < 4.78 is 77.4. The Kier molecular flexibility index (Phi) is 8.90. The maximum atomic E-state index is 14.8. The summed E-state index contributed by atoms with van der Waals surface area (Å²) in [6.45, 7) is 6.79. The highest BCUT2D eigenvalue weighted by molar-refractivity contribution is 7.89. The number of oxime groups is 1. The predicted octanol–water partition coefficient (Wildman–Crippen LogP) is 6.53. The number of benzene rings is 3. The average Bonchev–Trinajstić information content (AvgIpc) is 2.91. The summed E-state index contributed by atoms with van der Waals surface area (Å²) in [5, 5.41) is 3.56. The van der Waals surface area contributed by atoms with E-state index in [0.29, 0.717) is 18.4 Å². The van der Waals surface area contributed by atoms with Gasteiger partial charge in [0.05, 0.1) is 17.7 Å². The molecule has 0 saturated carbocycles. The van der Waals surface area contributed by atoms with E-state index in [1.165, 1.54) is 29.8 Å². The molecule has 40 heavy (non-hydrogen) atoms. The van der Waals surface area contributed by atoms with Crippen LogP contribution in [0.25, 0.3) is 11.1 Å². The Labute approximate surface area is 233 Å². The molecule has 0 spiro atoms. The molecule has 10 heteroatoms. The molecule has 1 heterocycles. The second-order valence-corrected chi connectivity index (χ2v) is 12.8. The van der Waals surface area contributed by atoms with Crippen molar-refractivity contribution in [3.8, 4) is 16.9 Å². The Morgan fingerprint density at radius 1 is 0.950 bits per heavy atom. The molecule has 0 aliphatic carbocycles. The quantitative estimate of drug-likeness (QED) is 0.227. The normalized spacial score (nSPS) is 15.5. The Morgan fingerprint density at radius 2 is 1.57 bits per heavy atom. The maximum absolute atomic E-state index is 14.8. The van der Waals surface area contributed by atoms with Crippen LogP contribution in [0.2, 0.25) is 0 Å². The van der Waals surface area contributed by atoms with Gasteiger partial charge in [0.2, 0.25) is 10.0 Å². The lowest BCUT2D eigenvalue weighted by atomic mass is 9.87. The number of halogens is 3. The number of sulfonamides is 1. The fraction of sp³-hybridized carbons (Fsp3) is 0.367. The third-order valence-corrected chi connectivity index (χ3v) is 8.92. The van der Waals surface area contributed by atoms with Crippen LogP contribution < -0.4 is 4.74 Å². The van der Waals surface area contributed by atoms with E-state index in [0.717, 1.165) is 17.7 Å². The topological polar surface area (TPSA) is 68.2 Å². The van der Waals surface area contributed by atoms with Gasteiger partial charge in [-0.05, 0) is 71.2 Å². The second kappa shape index (κ2) is 12.0. The minimum Gasteiger partial charge on any atom is -0.487 e. The smallest absolute Gasteiger partial charge is 0.243 e. The molecule has 0 amide bonds. The Bertz CT molecular complexity index is 1450. The van der Waals surface area contributed by atoms with E-state index in [9.17, 15) is 21.6 Å². The van der Waals surface area contributed by atoms with Crippen molar-refractivity contribution in [3.05, 3.63) is 83.2 Å². The highest BCUT2D eigenvalue weighted by Gasteiger charge is 2.30. The standard InChI is InChI=1S/C30H33F3N2O4S/c1-30(2,3)23-6-8-24(9-7-23)40(36,37)35-13-11-20(12-14-35)19-39-29-27(32)16-22(17-28(29)33)25-10-5-21(15-26(25)31)18-34-38-4/h5-10,15-18,20H,11-14,19H2,1-4H3/b34-18+. The molecule has 4 rings (SSSR count). The first kappa shape index (κ1) is 29.6. The van der Waals surface area contributed by atoms with Crippen LogP contribution in [0.5, 0.6) is 5.75 Å². The van der Waals surface area contributed by atoms with Crippen LogP contribution in [0.15, 0.2) is 64.6 Å². The molecule has 1 aliphatic heterocycles. The number of ether oxygens (including phenoxy) is 1. The molecule has 3 aromatic rings. The van der Waals surface area contributed by atoms with Gasteiger partial charge in [-0.3, -0.25) is 0 Å². The van der Waals surface area contributed by atoms with Gasteiger partial charge in [0.1, 0.15) is 12.9 Å². The number of hydrogen-bond donors (Lipinski definition) is 0. The molecular formula is C30H33F3N2O4S. The summed E-state index contributed by atoms with van der Waals surface area (Å²) >= 11 is 0. The lowest BCUT2D eigenvalue weighted by Crippen LogP contribution is -2.39. The minimum absolute atomic E-state index is 0.0283. The third kappa shape index (κ3) is 6.67. The molecule has 1 fully saturated rings. The predicted molar refractivity (Wildman–Crippen MR) is 148 cm³/mol. The van der Waals surface area contributed by atoms with Gasteiger partial charge in [0, 0.05) is 18.7 Å². The van der Waals surface area contributed by atoms with Gasteiger partial charge in [-0.1, -0.05) is 50.2 Å². The fourth-order valence-corrected chi connectivity index (χ4v) is 6.08. The minimum atomic E-state index is -3.64. The third-order valence-electron chi connectivity index (χ3n) is 7.00. The van der Waals surface area contributed by atoms with Crippen molar-refractivity contribution in [2.75, 3.05) is 26.8 Å². The van der Waals surface area contributed by atoms with Crippen LogP contribution in [-0.4, -0.2) is 45.7 Å². The van der Waals surface area contributed by atoms with Crippen LogP contribution in [0.4, 0.5) is 13.2 Å².